The Morgan fingerprint density at radius 2 is 2.43 bits per heavy atom. The smallest absolute Gasteiger partial charge is 0.147 e. The zero-order valence-corrected chi connectivity index (χ0v) is 7.97. The Bertz CT molecular complexity index is 390. The van der Waals surface area contributed by atoms with Gasteiger partial charge < -0.3 is 5.32 Å². The van der Waals surface area contributed by atoms with Gasteiger partial charge in [0.2, 0.25) is 0 Å². The maximum absolute atomic E-state index is 4.09. The minimum Gasteiger partial charge on any atom is -0.305 e. The van der Waals surface area contributed by atoms with Gasteiger partial charge in [-0.3, -0.25) is 9.78 Å². The number of aromatic nitrogens is 6. The number of aromatic amines is 1. The molecule has 74 valence electrons. The first-order valence-electron chi connectivity index (χ1n) is 4.20. The molecule has 0 aliphatic rings. The van der Waals surface area contributed by atoms with Crippen LogP contribution in [0.2, 0.25) is 0 Å². The molecule has 0 saturated heterocycles. The summed E-state index contributed by atoms with van der Waals surface area (Å²) in [5, 5.41) is 17.4. The Balaban J connectivity index is 2.36. The lowest BCUT2D eigenvalue weighted by Gasteiger charge is -2.11. The lowest BCUT2D eigenvalue weighted by molar-refractivity contribution is 0.576. The van der Waals surface area contributed by atoms with Gasteiger partial charge >= 0.3 is 0 Å². The van der Waals surface area contributed by atoms with Crippen molar-refractivity contribution >= 4 is 0 Å². The molecule has 2 N–H and O–H groups in total. The highest BCUT2D eigenvalue weighted by molar-refractivity contribution is 5.12. The van der Waals surface area contributed by atoms with Crippen molar-refractivity contribution in [2.45, 2.75) is 6.04 Å². The third-order valence-corrected chi connectivity index (χ3v) is 2.04. The molecule has 0 fully saturated rings. The number of nitrogens with one attached hydrogen (secondary N) is 2. The molecule has 1 unspecified atom stereocenters. The predicted octanol–water partition coefficient (Wildman–Crippen LogP) is -0.758. The molecule has 0 amide bonds. The molecule has 0 aromatic carbocycles. The van der Waals surface area contributed by atoms with Gasteiger partial charge in [-0.05, 0) is 7.05 Å². The van der Waals surface area contributed by atoms with Crippen molar-refractivity contribution < 1.29 is 0 Å². The molecule has 0 bridgehead atoms. The number of rotatable bonds is 3. The molecule has 2 aromatic rings. The molecule has 0 aliphatic heterocycles. The van der Waals surface area contributed by atoms with Crippen molar-refractivity contribution in [1.29, 1.82) is 0 Å². The number of nitrogens with zero attached hydrogens (tertiary/aromatic N) is 5. The summed E-state index contributed by atoms with van der Waals surface area (Å²) in [5.74, 6) is 0.748. The fraction of sp³-hybridized carbons (Fsp3) is 0.429. The molecule has 2 rings (SSSR count). The minimum absolute atomic E-state index is 0.0579. The summed E-state index contributed by atoms with van der Waals surface area (Å²) in [6.45, 7) is 0. The van der Waals surface area contributed by atoms with Crippen LogP contribution in [0, 0.1) is 0 Å². The van der Waals surface area contributed by atoms with Gasteiger partial charge in [0.1, 0.15) is 18.2 Å². The van der Waals surface area contributed by atoms with E-state index in [4.69, 9.17) is 0 Å². The number of H-pyrrole nitrogens is 1. The Hall–Kier alpha value is -1.76. The first kappa shape index (κ1) is 8.82. The Labute approximate surface area is 80.5 Å². The Kier molecular flexibility index (Phi) is 2.23. The monoisotopic (exact) mass is 193 g/mol. The Morgan fingerprint density at radius 1 is 1.57 bits per heavy atom. The van der Waals surface area contributed by atoms with E-state index in [2.05, 4.69) is 30.8 Å². The molecular formula is C7H11N7. The number of hydrogen-bond acceptors (Lipinski definition) is 5. The summed E-state index contributed by atoms with van der Waals surface area (Å²) >= 11 is 0. The standard InChI is InChI=1S/C7H11N7/c1-8-6(7-9-4-11-12-7)5-3-10-13-14(5)2/h3-4,6,8H,1-2H3,(H,9,11,12). The van der Waals surface area contributed by atoms with Crippen LogP contribution in [0.5, 0.6) is 0 Å². The van der Waals surface area contributed by atoms with Crippen LogP contribution in [0.1, 0.15) is 17.6 Å². The maximum atomic E-state index is 4.09. The molecule has 2 heterocycles. The lowest BCUT2D eigenvalue weighted by atomic mass is 10.2. The van der Waals surface area contributed by atoms with E-state index in [1.807, 2.05) is 14.1 Å². The van der Waals surface area contributed by atoms with E-state index in [9.17, 15) is 0 Å². The van der Waals surface area contributed by atoms with Gasteiger partial charge in [-0.25, -0.2) is 4.98 Å². The van der Waals surface area contributed by atoms with Gasteiger partial charge in [0.05, 0.1) is 11.9 Å². The molecule has 0 saturated carbocycles. The van der Waals surface area contributed by atoms with Crippen LogP contribution in [0.4, 0.5) is 0 Å². The first-order valence-corrected chi connectivity index (χ1v) is 4.20. The summed E-state index contributed by atoms with van der Waals surface area (Å²) in [4.78, 5) is 4.09. The van der Waals surface area contributed by atoms with E-state index >= 15 is 0 Å². The maximum Gasteiger partial charge on any atom is 0.147 e. The van der Waals surface area contributed by atoms with Gasteiger partial charge in [-0.2, -0.15) is 5.10 Å². The average molecular weight is 193 g/mol. The van der Waals surface area contributed by atoms with Crippen molar-refractivity contribution in [2.75, 3.05) is 7.05 Å². The fourth-order valence-electron chi connectivity index (χ4n) is 1.34. The third kappa shape index (κ3) is 1.37. The topological polar surface area (TPSA) is 84.3 Å². The molecule has 14 heavy (non-hydrogen) atoms. The zero-order chi connectivity index (χ0) is 9.97. The first-order chi connectivity index (χ1) is 6.83. The van der Waals surface area contributed by atoms with Crippen molar-refractivity contribution in [1.82, 2.24) is 35.5 Å². The van der Waals surface area contributed by atoms with Gasteiger partial charge in [0.25, 0.3) is 0 Å². The molecule has 7 nitrogen and oxygen atoms in total. The van der Waals surface area contributed by atoms with Gasteiger partial charge in [-0.1, -0.05) is 5.21 Å². The SMILES string of the molecule is CNC(c1ncn[nH]1)c1cnnn1C. The van der Waals surface area contributed by atoms with Crippen LogP contribution in [-0.2, 0) is 7.05 Å². The fourth-order valence-corrected chi connectivity index (χ4v) is 1.34. The Morgan fingerprint density at radius 3 is 2.93 bits per heavy atom. The van der Waals surface area contributed by atoms with Gasteiger partial charge in [0, 0.05) is 7.05 Å². The van der Waals surface area contributed by atoms with E-state index in [1.54, 1.807) is 10.9 Å². The van der Waals surface area contributed by atoms with Crippen LogP contribution < -0.4 is 5.32 Å². The number of hydrogen-bond donors (Lipinski definition) is 2. The van der Waals surface area contributed by atoms with Crippen molar-refractivity contribution in [3.8, 4) is 0 Å². The average Bonchev–Trinajstić information content (AvgIpc) is 2.80. The van der Waals surface area contributed by atoms with Crippen LogP contribution >= 0.6 is 0 Å². The van der Waals surface area contributed by atoms with Crippen molar-refractivity contribution in [2.24, 2.45) is 7.05 Å². The normalized spacial score (nSPS) is 13.0. The second-order valence-corrected chi connectivity index (χ2v) is 2.87. The third-order valence-electron chi connectivity index (χ3n) is 2.04. The molecule has 0 aliphatic carbocycles. The second-order valence-electron chi connectivity index (χ2n) is 2.87. The van der Waals surface area contributed by atoms with E-state index in [1.165, 1.54) is 6.33 Å². The van der Waals surface area contributed by atoms with Crippen molar-refractivity contribution in [3.63, 3.8) is 0 Å². The molecule has 2 aromatic heterocycles. The quantitative estimate of drug-likeness (QED) is 0.669. The molecule has 0 spiro atoms. The summed E-state index contributed by atoms with van der Waals surface area (Å²) < 4.78 is 1.70. The van der Waals surface area contributed by atoms with Gasteiger partial charge in [0.15, 0.2) is 0 Å². The lowest BCUT2D eigenvalue weighted by Crippen LogP contribution is -2.21. The highest BCUT2D eigenvalue weighted by atomic mass is 15.4. The van der Waals surface area contributed by atoms with E-state index in [0.29, 0.717) is 0 Å². The van der Waals surface area contributed by atoms with E-state index < -0.39 is 0 Å². The van der Waals surface area contributed by atoms with E-state index in [-0.39, 0.29) is 6.04 Å². The predicted molar refractivity (Wildman–Crippen MR) is 48.3 cm³/mol. The molecule has 0 radical (unpaired) electrons. The summed E-state index contributed by atoms with van der Waals surface area (Å²) in [5.41, 5.74) is 0.934. The summed E-state index contributed by atoms with van der Waals surface area (Å²) in [6, 6.07) is -0.0579. The van der Waals surface area contributed by atoms with Crippen LogP contribution in [-0.4, -0.2) is 37.2 Å². The van der Waals surface area contributed by atoms with Crippen LogP contribution in [0.25, 0.3) is 0 Å². The van der Waals surface area contributed by atoms with Crippen LogP contribution in [0.3, 0.4) is 0 Å². The molecule has 1 atom stereocenters. The largest absolute Gasteiger partial charge is 0.305 e. The van der Waals surface area contributed by atoms with Crippen LogP contribution in [0.15, 0.2) is 12.5 Å². The van der Waals surface area contributed by atoms with Crippen molar-refractivity contribution in [3.05, 3.63) is 24.0 Å². The zero-order valence-electron chi connectivity index (χ0n) is 7.97. The van der Waals surface area contributed by atoms with E-state index in [0.717, 1.165) is 11.5 Å². The highest BCUT2D eigenvalue weighted by Gasteiger charge is 2.18. The van der Waals surface area contributed by atoms with Gasteiger partial charge in [-0.15, -0.1) is 5.10 Å². The number of aryl methyl sites for hydroxylation is 1. The minimum atomic E-state index is -0.0579. The highest BCUT2D eigenvalue weighted by Crippen LogP contribution is 2.15. The second kappa shape index (κ2) is 3.54. The summed E-state index contributed by atoms with van der Waals surface area (Å²) in [7, 11) is 3.68. The molecular weight excluding hydrogens is 182 g/mol. The molecule has 7 heteroatoms. The summed E-state index contributed by atoms with van der Waals surface area (Å²) in [6.07, 6.45) is 3.17.